The molecule has 0 N–H and O–H groups in total. The Hall–Kier alpha value is -1.68. The van der Waals surface area contributed by atoms with Gasteiger partial charge in [-0.2, -0.15) is 0 Å². The van der Waals surface area contributed by atoms with Gasteiger partial charge in [0.2, 0.25) is 0 Å². The molecule has 1 aromatic heterocycles. The van der Waals surface area contributed by atoms with Crippen LogP contribution >= 0.6 is 11.6 Å². The van der Waals surface area contributed by atoms with Gasteiger partial charge in [0.15, 0.2) is 11.5 Å². The van der Waals surface area contributed by atoms with Crippen molar-refractivity contribution in [1.29, 1.82) is 0 Å². The van der Waals surface area contributed by atoms with Crippen molar-refractivity contribution in [3.8, 4) is 5.69 Å². The fourth-order valence-electron chi connectivity index (χ4n) is 1.61. The van der Waals surface area contributed by atoms with Gasteiger partial charge in [0.25, 0.3) is 0 Å². The average Bonchev–Trinajstić information content (AvgIpc) is 2.64. The normalized spacial score (nSPS) is 10.6. The number of benzene rings is 1. The summed E-state index contributed by atoms with van der Waals surface area (Å²) in [5, 5.41) is 8.50. The molecule has 0 atom stereocenters. The summed E-state index contributed by atoms with van der Waals surface area (Å²) in [6, 6.07) is 5.61. The zero-order chi connectivity index (χ0) is 12.6. The highest BCUT2D eigenvalue weighted by molar-refractivity contribution is 6.31. The van der Waals surface area contributed by atoms with E-state index in [2.05, 4.69) is 10.3 Å². The number of hydrogen-bond donors (Lipinski definition) is 0. The number of carbonyl (C=O) groups is 1. The second-order valence-electron chi connectivity index (χ2n) is 3.92. The molecule has 0 aliphatic carbocycles. The van der Waals surface area contributed by atoms with Gasteiger partial charge in [-0.1, -0.05) is 22.9 Å². The summed E-state index contributed by atoms with van der Waals surface area (Å²) in [6.45, 7) is 5.22. The second kappa shape index (κ2) is 4.30. The first-order chi connectivity index (χ1) is 8.00. The van der Waals surface area contributed by atoms with Gasteiger partial charge in [0.05, 0.1) is 11.4 Å². The summed E-state index contributed by atoms with van der Waals surface area (Å²) in [6.07, 6.45) is 0. The Labute approximate surface area is 104 Å². The van der Waals surface area contributed by atoms with Crippen molar-refractivity contribution in [2.45, 2.75) is 20.8 Å². The molecule has 0 radical (unpaired) electrons. The number of carbonyl (C=O) groups excluding carboxylic acids is 1. The Morgan fingerprint density at radius 1 is 1.35 bits per heavy atom. The van der Waals surface area contributed by atoms with Crippen LogP contribution in [-0.2, 0) is 0 Å². The van der Waals surface area contributed by atoms with Crippen LogP contribution in [0.3, 0.4) is 0 Å². The number of aromatic nitrogens is 3. The minimum absolute atomic E-state index is 0.0908. The zero-order valence-electron chi connectivity index (χ0n) is 9.86. The quantitative estimate of drug-likeness (QED) is 0.769. The minimum atomic E-state index is -0.0908. The Bertz CT molecular complexity index is 589. The molecule has 0 spiro atoms. The molecule has 88 valence electrons. The second-order valence-corrected chi connectivity index (χ2v) is 4.33. The Kier molecular flexibility index (Phi) is 2.98. The maximum atomic E-state index is 11.3. The van der Waals surface area contributed by atoms with Crippen LogP contribution in [0.4, 0.5) is 0 Å². The van der Waals surface area contributed by atoms with Gasteiger partial charge in [-0.05, 0) is 31.5 Å². The first-order valence-electron chi connectivity index (χ1n) is 5.20. The molecule has 0 amide bonds. The van der Waals surface area contributed by atoms with Crippen LogP contribution in [0, 0.1) is 13.8 Å². The van der Waals surface area contributed by atoms with Crippen LogP contribution in [0.1, 0.15) is 28.7 Å². The molecule has 0 unspecified atom stereocenters. The lowest BCUT2D eigenvalue weighted by molar-refractivity contribution is 0.101. The smallest absolute Gasteiger partial charge is 0.181 e. The molecule has 1 heterocycles. The molecular formula is C12H12ClN3O. The average molecular weight is 250 g/mol. The van der Waals surface area contributed by atoms with E-state index in [1.165, 1.54) is 6.92 Å². The summed E-state index contributed by atoms with van der Waals surface area (Å²) in [5.74, 6) is -0.0908. The number of aryl methyl sites for hydroxylation is 1. The summed E-state index contributed by atoms with van der Waals surface area (Å²) < 4.78 is 1.61. The summed E-state index contributed by atoms with van der Waals surface area (Å²) >= 11 is 6.06. The molecule has 2 aromatic rings. The fraction of sp³-hybridized carbons (Fsp3) is 0.250. The highest BCUT2D eigenvalue weighted by Crippen LogP contribution is 2.20. The lowest BCUT2D eigenvalue weighted by atomic mass is 10.2. The molecule has 4 nitrogen and oxygen atoms in total. The molecule has 0 fully saturated rings. The molecule has 0 aliphatic heterocycles. The largest absolute Gasteiger partial charge is 0.293 e. The third-order valence-corrected chi connectivity index (χ3v) is 3.04. The third kappa shape index (κ3) is 2.08. The van der Waals surface area contributed by atoms with Crippen LogP contribution < -0.4 is 0 Å². The van der Waals surface area contributed by atoms with Crippen molar-refractivity contribution in [1.82, 2.24) is 15.0 Å². The molecule has 0 saturated heterocycles. The summed E-state index contributed by atoms with van der Waals surface area (Å²) in [5.41, 5.74) is 2.91. The van der Waals surface area contributed by atoms with Crippen molar-refractivity contribution in [2.75, 3.05) is 0 Å². The highest BCUT2D eigenvalue weighted by Gasteiger charge is 2.13. The van der Waals surface area contributed by atoms with E-state index in [0.717, 1.165) is 16.9 Å². The minimum Gasteiger partial charge on any atom is -0.293 e. The number of hydrogen-bond acceptors (Lipinski definition) is 3. The fourth-order valence-corrected chi connectivity index (χ4v) is 1.79. The van der Waals surface area contributed by atoms with Gasteiger partial charge < -0.3 is 0 Å². The number of rotatable bonds is 2. The van der Waals surface area contributed by atoms with Gasteiger partial charge in [-0.25, -0.2) is 4.68 Å². The molecule has 1 aromatic carbocycles. The van der Waals surface area contributed by atoms with Crippen LogP contribution in [0.15, 0.2) is 18.2 Å². The standard InChI is InChI=1S/C12H12ClN3O/c1-7-4-5-10(6-11(7)13)16-8(2)12(9(3)17)14-15-16/h4-6H,1-3H3. The first kappa shape index (κ1) is 11.8. The number of ketones is 1. The first-order valence-corrected chi connectivity index (χ1v) is 5.58. The topological polar surface area (TPSA) is 47.8 Å². The van der Waals surface area contributed by atoms with Crippen molar-refractivity contribution in [2.24, 2.45) is 0 Å². The van der Waals surface area contributed by atoms with E-state index >= 15 is 0 Å². The van der Waals surface area contributed by atoms with E-state index in [1.54, 1.807) is 4.68 Å². The van der Waals surface area contributed by atoms with Gasteiger partial charge >= 0.3 is 0 Å². The maximum Gasteiger partial charge on any atom is 0.181 e. The van der Waals surface area contributed by atoms with Gasteiger partial charge in [-0.15, -0.1) is 5.10 Å². The molecule has 17 heavy (non-hydrogen) atoms. The lowest BCUT2D eigenvalue weighted by Crippen LogP contribution is -2.01. The predicted octanol–water partition coefficient (Wildman–Crippen LogP) is 2.74. The molecule has 0 bridgehead atoms. The van der Waals surface area contributed by atoms with E-state index in [1.807, 2.05) is 32.0 Å². The van der Waals surface area contributed by atoms with Crippen molar-refractivity contribution >= 4 is 17.4 Å². The lowest BCUT2D eigenvalue weighted by Gasteiger charge is -2.05. The van der Waals surface area contributed by atoms with E-state index in [4.69, 9.17) is 11.6 Å². The molecule has 0 saturated carbocycles. The predicted molar refractivity (Wildman–Crippen MR) is 65.8 cm³/mol. The van der Waals surface area contributed by atoms with Crippen LogP contribution in [-0.4, -0.2) is 20.8 Å². The molecule has 5 heteroatoms. The number of halogens is 1. The van der Waals surface area contributed by atoms with Crippen molar-refractivity contribution < 1.29 is 4.79 Å². The third-order valence-electron chi connectivity index (χ3n) is 2.63. The van der Waals surface area contributed by atoms with Crippen molar-refractivity contribution in [3.63, 3.8) is 0 Å². The monoisotopic (exact) mass is 249 g/mol. The Balaban J connectivity index is 2.53. The Morgan fingerprint density at radius 2 is 2.06 bits per heavy atom. The van der Waals surface area contributed by atoms with Crippen LogP contribution in [0.5, 0.6) is 0 Å². The van der Waals surface area contributed by atoms with Crippen molar-refractivity contribution in [3.05, 3.63) is 40.2 Å². The number of nitrogens with zero attached hydrogens (tertiary/aromatic N) is 3. The van der Waals surface area contributed by atoms with Crippen LogP contribution in [0.25, 0.3) is 5.69 Å². The maximum absolute atomic E-state index is 11.3. The zero-order valence-corrected chi connectivity index (χ0v) is 10.6. The van der Waals surface area contributed by atoms with Gasteiger partial charge in [0.1, 0.15) is 0 Å². The van der Waals surface area contributed by atoms with Crippen LogP contribution in [0.2, 0.25) is 5.02 Å². The van der Waals surface area contributed by atoms with E-state index in [-0.39, 0.29) is 5.78 Å². The van der Waals surface area contributed by atoms with Gasteiger partial charge in [0, 0.05) is 11.9 Å². The SMILES string of the molecule is CC(=O)c1nnn(-c2ccc(C)c(Cl)c2)c1C. The van der Waals surface area contributed by atoms with E-state index in [0.29, 0.717) is 10.7 Å². The molecular weight excluding hydrogens is 238 g/mol. The highest BCUT2D eigenvalue weighted by atomic mass is 35.5. The Morgan fingerprint density at radius 3 is 2.59 bits per heavy atom. The number of Topliss-reactive ketones (excluding diaryl/α,β-unsaturated/α-hetero) is 1. The summed E-state index contributed by atoms with van der Waals surface area (Å²) in [4.78, 5) is 11.3. The van der Waals surface area contributed by atoms with Gasteiger partial charge in [-0.3, -0.25) is 4.79 Å². The molecule has 0 aliphatic rings. The van der Waals surface area contributed by atoms with E-state index < -0.39 is 0 Å². The molecule has 2 rings (SSSR count). The van der Waals surface area contributed by atoms with E-state index in [9.17, 15) is 4.79 Å². The summed E-state index contributed by atoms with van der Waals surface area (Å²) in [7, 11) is 0.